The van der Waals surface area contributed by atoms with Crippen LogP contribution in [0.1, 0.15) is 19.8 Å². The van der Waals surface area contributed by atoms with E-state index in [0.717, 1.165) is 33.9 Å². The molecule has 2 heterocycles. The van der Waals surface area contributed by atoms with Crippen molar-refractivity contribution in [2.75, 3.05) is 12.4 Å². The number of para-hydroxylation sites is 1. The summed E-state index contributed by atoms with van der Waals surface area (Å²) >= 11 is 1.61. The zero-order valence-electron chi connectivity index (χ0n) is 13.4. The summed E-state index contributed by atoms with van der Waals surface area (Å²) in [5, 5.41) is 6.23. The van der Waals surface area contributed by atoms with Crippen molar-refractivity contribution in [3.05, 3.63) is 42.9 Å². The van der Waals surface area contributed by atoms with Crippen molar-refractivity contribution < 1.29 is 9.53 Å². The molecule has 0 unspecified atom stereocenters. The molecule has 0 N–H and O–H groups in total. The second kappa shape index (κ2) is 7.92. The van der Waals surface area contributed by atoms with E-state index in [0.29, 0.717) is 13.0 Å². The third-order valence-corrected chi connectivity index (χ3v) is 4.49. The molecule has 6 nitrogen and oxygen atoms in total. The Morgan fingerprint density at radius 3 is 2.88 bits per heavy atom. The SMILES string of the molecule is CCOC(=O)CCCSc1ncnc2c1cnn2-c1ccccc1. The van der Waals surface area contributed by atoms with Gasteiger partial charge in [0, 0.05) is 12.2 Å². The Hall–Kier alpha value is -2.41. The summed E-state index contributed by atoms with van der Waals surface area (Å²) in [6.07, 6.45) is 4.52. The summed E-state index contributed by atoms with van der Waals surface area (Å²) in [6.45, 7) is 2.24. The first-order valence-corrected chi connectivity index (χ1v) is 8.80. The molecule has 3 aromatic rings. The van der Waals surface area contributed by atoms with Crippen molar-refractivity contribution >= 4 is 28.8 Å². The summed E-state index contributed by atoms with van der Waals surface area (Å²) in [5.74, 6) is 0.643. The number of thioether (sulfide) groups is 1. The minimum Gasteiger partial charge on any atom is -0.466 e. The van der Waals surface area contributed by atoms with E-state index in [2.05, 4.69) is 15.1 Å². The average Bonchev–Trinajstić information content (AvgIpc) is 3.04. The molecule has 0 bridgehead atoms. The van der Waals surface area contributed by atoms with Gasteiger partial charge in [0.25, 0.3) is 0 Å². The highest BCUT2D eigenvalue weighted by Crippen LogP contribution is 2.26. The lowest BCUT2D eigenvalue weighted by Gasteiger charge is -2.04. The van der Waals surface area contributed by atoms with E-state index in [1.165, 1.54) is 0 Å². The average molecular weight is 342 g/mol. The van der Waals surface area contributed by atoms with Gasteiger partial charge in [0.15, 0.2) is 5.65 Å². The minimum atomic E-state index is -0.150. The monoisotopic (exact) mass is 342 g/mol. The molecule has 124 valence electrons. The number of rotatable bonds is 7. The van der Waals surface area contributed by atoms with Crippen molar-refractivity contribution in [3.63, 3.8) is 0 Å². The van der Waals surface area contributed by atoms with Crippen LogP contribution in [-0.2, 0) is 9.53 Å². The molecule has 0 radical (unpaired) electrons. The topological polar surface area (TPSA) is 69.9 Å². The third-order valence-electron chi connectivity index (χ3n) is 3.40. The van der Waals surface area contributed by atoms with Gasteiger partial charge in [-0.25, -0.2) is 14.6 Å². The van der Waals surface area contributed by atoms with Crippen LogP contribution < -0.4 is 0 Å². The molecule has 0 aliphatic heterocycles. The molecule has 1 aromatic carbocycles. The van der Waals surface area contributed by atoms with Crippen LogP contribution in [0.5, 0.6) is 0 Å². The number of benzene rings is 1. The molecule has 24 heavy (non-hydrogen) atoms. The van der Waals surface area contributed by atoms with Crippen LogP contribution in [0.3, 0.4) is 0 Å². The number of hydrogen-bond acceptors (Lipinski definition) is 6. The second-order valence-corrected chi connectivity index (χ2v) is 6.15. The number of hydrogen-bond donors (Lipinski definition) is 0. The predicted octanol–water partition coefficient (Wildman–Crippen LogP) is 3.25. The highest BCUT2D eigenvalue weighted by Gasteiger charge is 2.11. The van der Waals surface area contributed by atoms with Crippen LogP contribution in [0, 0.1) is 0 Å². The van der Waals surface area contributed by atoms with Gasteiger partial charge in [-0.1, -0.05) is 18.2 Å². The van der Waals surface area contributed by atoms with E-state index in [-0.39, 0.29) is 5.97 Å². The standard InChI is InChI=1S/C17H18N4O2S/c1-2-23-15(22)9-6-10-24-17-14-11-20-21(16(14)18-12-19-17)13-7-4-3-5-8-13/h3-5,7-8,11-12H,2,6,9-10H2,1H3. The first-order chi connectivity index (χ1) is 11.8. The number of carbonyl (C=O) groups is 1. The minimum absolute atomic E-state index is 0.150. The third kappa shape index (κ3) is 3.73. The Balaban J connectivity index is 1.71. The molecular formula is C17H18N4O2S. The first kappa shape index (κ1) is 16.4. The number of ether oxygens (including phenoxy) is 1. The molecule has 0 amide bonds. The van der Waals surface area contributed by atoms with E-state index >= 15 is 0 Å². The number of esters is 1. The van der Waals surface area contributed by atoms with Crippen molar-refractivity contribution in [1.82, 2.24) is 19.7 Å². The lowest BCUT2D eigenvalue weighted by atomic mass is 10.3. The zero-order valence-corrected chi connectivity index (χ0v) is 14.2. The largest absolute Gasteiger partial charge is 0.466 e. The van der Waals surface area contributed by atoms with Crippen LogP contribution >= 0.6 is 11.8 Å². The summed E-state index contributed by atoms with van der Waals surface area (Å²) < 4.78 is 6.73. The molecule has 0 aliphatic carbocycles. The number of nitrogens with zero attached hydrogens (tertiary/aromatic N) is 4. The van der Waals surface area contributed by atoms with Crippen LogP contribution in [0.15, 0.2) is 47.9 Å². The van der Waals surface area contributed by atoms with E-state index in [4.69, 9.17) is 4.74 Å². The quantitative estimate of drug-likeness (QED) is 0.284. The number of fused-ring (bicyclic) bond motifs is 1. The predicted molar refractivity (Wildman–Crippen MR) is 93.3 cm³/mol. The Kier molecular flexibility index (Phi) is 5.43. The summed E-state index contributed by atoms with van der Waals surface area (Å²) in [7, 11) is 0. The summed E-state index contributed by atoms with van der Waals surface area (Å²) in [5.41, 5.74) is 1.74. The van der Waals surface area contributed by atoms with Gasteiger partial charge in [0.1, 0.15) is 11.4 Å². The zero-order chi connectivity index (χ0) is 16.8. The number of carbonyl (C=O) groups excluding carboxylic acids is 1. The fourth-order valence-electron chi connectivity index (χ4n) is 2.31. The lowest BCUT2D eigenvalue weighted by molar-refractivity contribution is -0.143. The molecule has 0 aliphatic rings. The highest BCUT2D eigenvalue weighted by molar-refractivity contribution is 7.99. The maximum Gasteiger partial charge on any atom is 0.305 e. The summed E-state index contributed by atoms with van der Waals surface area (Å²) in [6, 6.07) is 9.88. The molecular weight excluding hydrogens is 324 g/mol. The normalized spacial score (nSPS) is 10.9. The highest BCUT2D eigenvalue weighted by atomic mass is 32.2. The van der Waals surface area contributed by atoms with E-state index in [1.807, 2.05) is 37.3 Å². The number of aromatic nitrogens is 4. The molecule has 0 atom stereocenters. The van der Waals surface area contributed by atoms with Crippen LogP contribution in [-0.4, -0.2) is 38.1 Å². The van der Waals surface area contributed by atoms with Gasteiger partial charge in [-0.3, -0.25) is 4.79 Å². The lowest BCUT2D eigenvalue weighted by Crippen LogP contribution is -2.03. The van der Waals surface area contributed by atoms with Gasteiger partial charge in [0.05, 0.1) is 23.9 Å². The van der Waals surface area contributed by atoms with Crippen LogP contribution in [0.2, 0.25) is 0 Å². The van der Waals surface area contributed by atoms with Crippen molar-refractivity contribution in [2.45, 2.75) is 24.8 Å². The Morgan fingerprint density at radius 1 is 1.25 bits per heavy atom. The first-order valence-electron chi connectivity index (χ1n) is 7.82. The van der Waals surface area contributed by atoms with Crippen molar-refractivity contribution in [3.8, 4) is 5.69 Å². The molecule has 0 spiro atoms. The van der Waals surface area contributed by atoms with Crippen molar-refractivity contribution in [1.29, 1.82) is 0 Å². The molecule has 2 aromatic heterocycles. The van der Waals surface area contributed by atoms with Crippen LogP contribution in [0.4, 0.5) is 0 Å². The summed E-state index contributed by atoms with van der Waals surface area (Å²) in [4.78, 5) is 20.1. The molecule has 0 fully saturated rings. The molecule has 0 saturated carbocycles. The molecule has 7 heteroatoms. The van der Waals surface area contributed by atoms with Crippen LogP contribution in [0.25, 0.3) is 16.7 Å². The smallest absolute Gasteiger partial charge is 0.305 e. The van der Waals surface area contributed by atoms with Gasteiger partial charge < -0.3 is 4.74 Å². The Labute approximate surface area is 144 Å². The fraction of sp³-hybridized carbons (Fsp3) is 0.294. The second-order valence-electron chi connectivity index (χ2n) is 5.07. The van der Waals surface area contributed by atoms with Gasteiger partial charge in [0.2, 0.25) is 0 Å². The van der Waals surface area contributed by atoms with E-state index in [9.17, 15) is 4.79 Å². The van der Waals surface area contributed by atoms with Gasteiger partial charge >= 0.3 is 5.97 Å². The van der Waals surface area contributed by atoms with E-state index in [1.54, 1.807) is 29.0 Å². The molecule has 0 saturated heterocycles. The molecule has 3 rings (SSSR count). The Morgan fingerprint density at radius 2 is 2.08 bits per heavy atom. The maximum absolute atomic E-state index is 11.4. The fourth-order valence-corrected chi connectivity index (χ4v) is 3.22. The van der Waals surface area contributed by atoms with Gasteiger partial charge in [-0.05, 0) is 25.5 Å². The van der Waals surface area contributed by atoms with Crippen molar-refractivity contribution in [2.24, 2.45) is 0 Å². The maximum atomic E-state index is 11.4. The van der Waals surface area contributed by atoms with Gasteiger partial charge in [-0.2, -0.15) is 5.10 Å². The van der Waals surface area contributed by atoms with Gasteiger partial charge in [-0.15, -0.1) is 11.8 Å². The Bertz CT molecular complexity index is 820. The van der Waals surface area contributed by atoms with E-state index < -0.39 is 0 Å².